The summed E-state index contributed by atoms with van der Waals surface area (Å²) in [6, 6.07) is 4.71. The molecule has 1 saturated heterocycles. The number of nitrogens with zero attached hydrogens (tertiary/aromatic N) is 1. The Bertz CT molecular complexity index is 641. The van der Waals surface area contributed by atoms with E-state index in [0.29, 0.717) is 23.6 Å². The summed E-state index contributed by atoms with van der Waals surface area (Å²) in [5.41, 5.74) is 8.41. The fourth-order valence-electron chi connectivity index (χ4n) is 1.98. The zero-order valence-electron chi connectivity index (χ0n) is 12.6. The maximum absolute atomic E-state index is 11.8. The number of phenolic OH excluding ortho intramolecular Hbond substituents is 1. The molecule has 1 heterocycles. The number of phenols is 1. The normalized spacial score (nSPS) is 17.0. The molecule has 2 amide bonds. The van der Waals surface area contributed by atoms with Gasteiger partial charge in [0.2, 0.25) is 11.8 Å². The minimum atomic E-state index is -0.608. The second kappa shape index (κ2) is 7.30. The monoisotopic (exact) mass is 318 g/mol. The van der Waals surface area contributed by atoms with Crippen LogP contribution >= 0.6 is 0 Å². The van der Waals surface area contributed by atoms with Crippen LogP contribution in [0.25, 0.3) is 0 Å². The lowest BCUT2D eigenvalue weighted by Gasteiger charge is -2.06. The van der Waals surface area contributed by atoms with E-state index in [2.05, 4.69) is 28.0 Å². The zero-order valence-corrected chi connectivity index (χ0v) is 12.6. The van der Waals surface area contributed by atoms with E-state index in [0.717, 1.165) is 0 Å². The quantitative estimate of drug-likeness (QED) is 0.448. The molecule has 0 radical (unpaired) electrons. The molecule has 2 rings (SSSR count). The average molecular weight is 318 g/mol. The molecule has 8 heteroatoms. The van der Waals surface area contributed by atoms with Gasteiger partial charge in [0.1, 0.15) is 0 Å². The highest BCUT2D eigenvalue weighted by atomic mass is 16.5. The van der Waals surface area contributed by atoms with Crippen molar-refractivity contribution in [1.29, 1.82) is 0 Å². The van der Waals surface area contributed by atoms with Gasteiger partial charge in [-0.1, -0.05) is 6.58 Å². The molecule has 1 aliphatic heterocycles. The third-order valence-electron chi connectivity index (χ3n) is 3.16. The van der Waals surface area contributed by atoms with Crippen LogP contribution in [0, 0.1) is 5.92 Å². The number of nitrogens with one attached hydrogen (secondary N) is 3. The van der Waals surface area contributed by atoms with Crippen LogP contribution in [0.4, 0.5) is 0 Å². The molecule has 1 aliphatic rings. The molecule has 0 aliphatic carbocycles. The van der Waals surface area contributed by atoms with E-state index in [1.807, 2.05) is 6.92 Å². The fraction of sp³-hybridized carbons (Fsp3) is 0.267. The average Bonchev–Trinajstić information content (AvgIpc) is 2.82. The molecule has 1 atom stereocenters. The Hall–Kier alpha value is -3.03. The zero-order chi connectivity index (χ0) is 16.8. The number of hydrazone groups is 1. The van der Waals surface area contributed by atoms with Crippen LogP contribution in [0.15, 0.2) is 35.6 Å². The minimum Gasteiger partial charge on any atom is -0.504 e. The highest BCUT2D eigenvalue weighted by molar-refractivity contribution is 5.90. The first-order chi connectivity index (χ1) is 11.0. The highest BCUT2D eigenvalue weighted by Crippen LogP contribution is 2.26. The van der Waals surface area contributed by atoms with Crippen LogP contribution in [0.2, 0.25) is 0 Å². The van der Waals surface area contributed by atoms with Gasteiger partial charge in [-0.3, -0.25) is 15.0 Å². The molecule has 0 aromatic heterocycles. The van der Waals surface area contributed by atoms with Gasteiger partial charge in [-0.25, -0.2) is 5.43 Å². The van der Waals surface area contributed by atoms with Crippen molar-refractivity contribution >= 4 is 18.0 Å². The van der Waals surface area contributed by atoms with Crippen molar-refractivity contribution in [2.75, 3.05) is 6.61 Å². The van der Waals surface area contributed by atoms with Gasteiger partial charge in [0.25, 0.3) is 0 Å². The molecule has 0 saturated carbocycles. The van der Waals surface area contributed by atoms with Gasteiger partial charge in [0.15, 0.2) is 11.5 Å². The fourth-order valence-corrected chi connectivity index (χ4v) is 1.98. The van der Waals surface area contributed by atoms with Crippen LogP contribution < -0.4 is 21.0 Å². The summed E-state index contributed by atoms with van der Waals surface area (Å²) in [5, 5.41) is 13.4. The van der Waals surface area contributed by atoms with Crippen LogP contribution in [0.1, 0.15) is 18.9 Å². The third kappa shape index (κ3) is 4.22. The third-order valence-corrected chi connectivity index (χ3v) is 3.16. The molecular weight excluding hydrogens is 300 g/mol. The number of aromatic hydroxyl groups is 1. The van der Waals surface area contributed by atoms with Crippen molar-refractivity contribution in [3.8, 4) is 11.5 Å². The Morgan fingerprint density at radius 1 is 1.52 bits per heavy atom. The van der Waals surface area contributed by atoms with Crippen LogP contribution in [-0.2, 0) is 9.59 Å². The molecule has 4 N–H and O–H groups in total. The second-order valence-corrected chi connectivity index (χ2v) is 4.85. The van der Waals surface area contributed by atoms with Crippen molar-refractivity contribution < 1.29 is 19.4 Å². The number of rotatable bonds is 6. The predicted octanol–water partition coefficient (Wildman–Crippen LogP) is 0.395. The summed E-state index contributed by atoms with van der Waals surface area (Å²) in [6.45, 7) is 5.88. The number of benzene rings is 1. The largest absolute Gasteiger partial charge is 0.504 e. The number of carbonyl (C=O) groups is 2. The van der Waals surface area contributed by atoms with Crippen molar-refractivity contribution in [2.24, 2.45) is 11.0 Å². The summed E-state index contributed by atoms with van der Waals surface area (Å²) in [4.78, 5) is 23.2. The van der Waals surface area contributed by atoms with Crippen LogP contribution in [0.3, 0.4) is 0 Å². The standard InChI is InChI=1S/C15H18N4O4/c1-3-23-13-6-10(4-5-12(13)20)8-16-18-14(21)7-11-9(2)17-19-15(11)22/h4-6,8,11,17,20H,2-3,7H2,1H3,(H,18,21)(H,19,22)/b16-8+/t11-/m1/s1. The number of carbonyl (C=O) groups excluding carboxylic acids is 2. The van der Waals surface area contributed by atoms with E-state index in [-0.39, 0.29) is 18.1 Å². The minimum absolute atomic E-state index is 0.0336. The van der Waals surface area contributed by atoms with E-state index in [1.165, 1.54) is 12.3 Å². The Kier molecular flexibility index (Phi) is 5.19. The Balaban J connectivity index is 1.91. The van der Waals surface area contributed by atoms with E-state index in [9.17, 15) is 14.7 Å². The van der Waals surface area contributed by atoms with Crippen molar-refractivity contribution in [2.45, 2.75) is 13.3 Å². The lowest BCUT2D eigenvalue weighted by molar-refractivity contribution is -0.127. The smallest absolute Gasteiger partial charge is 0.247 e. The van der Waals surface area contributed by atoms with Crippen molar-refractivity contribution in [3.05, 3.63) is 36.0 Å². The van der Waals surface area contributed by atoms with Crippen LogP contribution in [0.5, 0.6) is 11.5 Å². The molecule has 0 unspecified atom stereocenters. The predicted molar refractivity (Wildman–Crippen MR) is 83.5 cm³/mol. The second-order valence-electron chi connectivity index (χ2n) is 4.85. The highest BCUT2D eigenvalue weighted by Gasteiger charge is 2.29. The molecule has 1 aromatic carbocycles. The Labute approximate surface area is 133 Å². The summed E-state index contributed by atoms with van der Waals surface area (Å²) in [6.07, 6.45) is 1.37. The molecule has 0 bridgehead atoms. The molecule has 122 valence electrons. The number of ether oxygens (including phenoxy) is 1. The molecule has 1 fully saturated rings. The molecule has 0 spiro atoms. The number of hydrogen-bond donors (Lipinski definition) is 4. The lowest BCUT2D eigenvalue weighted by Crippen LogP contribution is -2.27. The summed E-state index contributed by atoms with van der Waals surface area (Å²) < 4.78 is 5.26. The van der Waals surface area contributed by atoms with Gasteiger partial charge in [0.05, 0.1) is 18.7 Å². The topological polar surface area (TPSA) is 112 Å². The number of amides is 2. The molecule has 1 aromatic rings. The van der Waals surface area contributed by atoms with E-state index in [4.69, 9.17) is 4.74 Å². The molecular formula is C15H18N4O4. The Morgan fingerprint density at radius 3 is 2.96 bits per heavy atom. The number of hydrazine groups is 1. The Morgan fingerprint density at radius 2 is 2.30 bits per heavy atom. The first-order valence-electron chi connectivity index (χ1n) is 7.03. The molecule has 8 nitrogen and oxygen atoms in total. The van der Waals surface area contributed by atoms with Gasteiger partial charge >= 0.3 is 0 Å². The number of hydrogen-bond acceptors (Lipinski definition) is 6. The van der Waals surface area contributed by atoms with Gasteiger partial charge in [-0.2, -0.15) is 5.10 Å². The maximum atomic E-state index is 11.8. The van der Waals surface area contributed by atoms with E-state index in [1.54, 1.807) is 12.1 Å². The van der Waals surface area contributed by atoms with Gasteiger partial charge in [-0.15, -0.1) is 0 Å². The van der Waals surface area contributed by atoms with Gasteiger partial charge in [0, 0.05) is 12.1 Å². The SMILES string of the molecule is C=C1NNC(=O)[C@@H]1CC(=O)N/N=C/c1ccc(O)c(OCC)c1. The first kappa shape index (κ1) is 16.3. The van der Waals surface area contributed by atoms with E-state index < -0.39 is 11.8 Å². The maximum Gasteiger partial charge on any atom is 0.247 e. The van der Waals surface area contributed by atoms with Crippen molar-refractivity contribution in [1.82, 2.24) is 16.3 Å². The lowest BCUT2D eigenvalue weighted by atomic mass is 10.0. The summed E-state index contributed by atoms with van der Waals surface area (Å²) in [5.74, 6) is -0.938. The van der Waals surface area contributed by atoms with Crippen molar-refractivity contribution in [3.63, 3.8) is 0 Å². The van der Waals surface area contributed by atoms with E-state index >= 15 is 0 Å². The summed E-state index contributed by atoms with van der Waals surface area (Å²) >= 11 is 0. The van der Waals surface area contributed by atoms with Gasteiger partial charge < -0.3 is 15.3 Å². The molecule has 23 heavy (non-hydrogen) atoms. The first-order valence-corrected chi connectivity index (χ1v) is 7.03. The van der Waals surface area contributed by atoms with Crippen LogP contribution in [-0.4, -0.2) is 29.7 Å². The summed E-state index contributed by atoms with van der Waals surface area (Å²) in [7, 11) is 0. The van der Waals surface area contributed by atoms with Gasteiger partial charge in [-0.05, 0) is 30.7 Å².